The molecular formula is C9H17NO3S. The summed E-state index contributed by atoms with van der Waals surface area (Å²) in [4.78, 5) is 0. The third-order valence-corrected chi connectivity index (χ3v) is 3.05. The minimum atomic E-state index is -3.13. The topological polar surface area (TPSA) is 55.4 Å². The van der Waals surface area contributed by atoms with Gasteiger partial charge in [-0.2, -0.15) is 0 Å². The maximum atomic E-state index is 11.3. The van der Waals surface area contributed by atoms with Crippen molar-refractivity contribution >= 4 is 10.0 Å². The molecule has 0 aliphatic rings. The first kappa shape index (κ1) is 13.4. The van der Waals surface area contributed by atoms with E-state index in [0.29, 0.717) is 32.4 Å². The first-order valence-electron chi connectivity index (χ1n) is 4.52. The van der Waals surface area contributed by atoms with Crippen LogP contribution in [0.3, 0.4) is 0 Å². The summed E-state index contributed by atoms with van der Waals surface area (Å²) < 4.78 is 29.7. The molecule has 0 aliphatic heterocycles. The van der Waals surface area contributed by atoms with E-state index in [9.17, 15) is 8.42 Å². The van der Waals surface area contributed by atoms with Gasteiger partial charge in [-0.3, -0.25) is 0 Å². The van der Waals surface area contributed by atoms with Crippen molar-refractivity contribution in [3.8, 4) is 12.3 Å². The lowest BCUT2D eigenvalue weighted by Crippen LogP contribution is -2.27. The highest BCUT2D eigenvalue weighted by atomic mass is 32.2. The van der Waals surface area contributed by atoms with Crippen molar-refractivity contribution in [3.63, 3.8) is 0 Å². The van der Waals surface area contributed by atoms with E-state index in [1.807, 2.05) is 0 Å². The van der Waals surface area contributed by atoms with Crippen LogP contribution < -0.4 is 4.72 Å². The Morgan fingerprint density at radius 2 is 2.14 bits per heavy atom. The Morgan fingerprint density at radius 3 is 2.71 bits per heavy atom. The largest absolute Gasteiger partial charge is 0.385 e. The van der Waals surface area contributed by atoms with E-state index in [2.05, 4.69) is 10.6 Å². The van der Waals surface area contributed by atoms with E-state index in [4.69, 9.17) is 11.2 Å². The lowest BCUT2D eigenvalue weighted by Gasteiger charge is -2.04. The van der Waals surface area contributed by atoms with E-state index >= 15 is 0 Å². The average molecular weight is 219 g/mol. The van der Waals surface area contributed by atoms with Crippen LogP contribution in [0.5, 0.6) is 0 Å². The molecule has 14 heavy (non-hydrogen) atoms. The number of nitrogens with one attached hydrogen (secondary N) is 1. The Labute approximate surface area is 86.1 Å². The van der Waals surface area contributed by atoms with Crippen molar-refractivity contribution in [1.82, 2.24) is 4.72 Å². The number of hydrogen-bond acceptors (Lipinski definition) is 3. The zero-order valence-corrected chi connectivity index (χ0v) is 9.27. The van der Waals surface area contributed by atoms with Gasteiger partial charge in [0.2, 0.25) is 10.0 Å². The summed E-state index contributed by atoms with van der Waals surface area (Å²) in [6, 6.07) is 0. The molecule has 5 heteroatoms. The second-order valence-corrected chi connectivity index (χ2v) is 4.79. The minimum absolute atomic E-state index is 0.108. The number of ether oxygens (including phenoxy) is 1. The second kappa shape index (κ2) is 7.80. The van der Waals surface area contributed by atoms with Gasteiger partial charge in [-0.15, -0.1) is 12.3 Å². The van der Waals surface area contributed by atoms with Gasteiger partial charge < -0.3 is 4.74 Å². The molecule has 0 saturated carbocycles. The molecule has 82 valence electrons. The molecule has 0 spiro atoms. The fourth-order valence-electron chi connectivity index (χ4n) is 0.884. The fourth-order valence-corrected chi connectivity index (χ4v) is 1.98. The number of methoxy groups -OCH3 is 1. The summed E-state index contributed by atoms with van der Waals surface area (Å²) in [5, 5.41) is 0. The maximum absolute atomic E-state index is 11.3. The monoisotopic (exact) mass is 219 g/mol. The Balaban J connectivity index is 3.58. The van der Waals surface area contributed by atoms with Crippen LogP contribution in [0.15, 0.2) is 0 Å². The van der Waals surface area contributed by atoms with Gasteiger partial charge in [0.15, 0.2) is 0 Å². The van der Waals surface area contributed by atoms with E-state index in [-0.39, 0.29) is 5.75 Å². The van der Waals surface area contributed by atoms with Crippen LogP contribution in [-0.2, 0) is 14.8 Å². The Bertz CT molecular complexity index is 266. The SMILES string of the molecule is C#CCCCNS(=O)(=O)CCCOC. The number of hydrogen-bond donors (Lipinski definition) is 1. The zero-order chi connectivity index (χ0) is 10.9. The van der Waals surface area contributed by atoms with Gasteiger partial charge in [-0.05, 0) is 12.8 Å². The van der Waals surface area contributed by atoms with Crippen molar-refractivity contribution in [3.05, 3.63) is 0 Å². The summed E-state index contributed by atoms with van der Waals surface area (Å²) in [5.41, 5.74) is 0. The molecule has 0 amide bonds. The van der Waals surface area contributed by atoms with Crippen LogP contribution in [0.1, 0.15) is 19.3 Å². The van der Waals surface area contributed by atoms with Gasteiger partial charge in [-0.1, -0.05) is 0 Å². The summed E-state index contributed by atoms with van der Waals surface area (Å²) >= 11 is 0. The predicted octanol–water partition coefficient (Wildman–Crippen LogP) is 0.356. The highest BCUT2D eigenvalue weighted by Crippen LogP contribution is 1.91. The first-order valence-corrected chi connectivity index (χ1v) is 6.17. The van der Waals surface area contributed by atoms with Crippen LogP contribution in [0, 0.1) is 12.3 Å². The molecule has 1 N–H and O–H groups in total. The van der Waals surface area contributed by atoms with Crippen molar-refractivity contribution in [2.75, 3.05) is 26.0 Å². The minimum Gasteiger partial charge on any atom is -0.385 e. The van der Waals surface area contributed by atoms with E-state index in [1.54, 1.807) is 7.11 Å². The van der Waals surface area contributed by atoms with Gasteiger partial charge in [-0.25, -0.2) is 13.1 Å². The summed E-state index contributed by atoms with van der Waals surface area (Å²) in [6.07, 6.45) is 6.83. The molecule has 4 nitrogen and oxygen atoms in total. The van der Waals surface area contributed by atoms with Crippen molar-refractivity contribution in [1.29, 1.82) is 0 Å². The Kier molecular flexibility index (Phi) is 7.48. The van der Waals surface area contributed by atoms with Gasteiger partial charge in [0.1, 0.15) is 0 Å². The Hall–Kier alpha value is -0.570. The quantitative estimate of drug-likeness (QED) is 0.473. The zero-order valence-electron chi connectivity index (χ0n) is 8.45. The molecule has 0 saturated heterocycles. The van der Waals surface area contributed by atoms with Crippen molar-refractivity contribution in [2.24, 2.45) is 0 Å². The van der Waals surface area contributed by atoms with E-state index < -0.39 is 10.0 Å². The molecule has 0 fully saturated rings. The van der Waals surface area contributed by atoms with Gasteiger partial charge in [0.25, 0.3) is 0 Å². The predicted molar refractivity (Wildman–Crippen MR) is 56.3 cm³/mol. The fraction of sp³-hybridized carbons (Fsp3) is 0.778. The standard InChI is InChI=1S/C9H17NO3S/c1-3-4-5-7-10-14(11,12)9-6-8-13-2/h1,10H,4-9H2,2H3. The van der Waals surface area contributed by atoms with E-state index in [1.165, 1.54) is 0 Å². The lowest BCUT2D eigenvalue weighted by atomic mass is 10.3. The second-order valence-electron chi connectivity index (χ2n) is 2.87. The van der Waals surface area contributed by atoms with Gasteiger partial charge >= 0.3 is 0 Å². The van der Waals surface area contributed by atoms with Gasteiger partial charge in [0, 0.05) is 26.7 Å². The third kappa shape index (κ3) is 8.05. The number of sulfonamides is 1. The first-order chi connectivity index (χ1) is 6.62. The van der Waals surface area contributed by atoms with E-state index in [0.717, 1.165) is 0 Å². The van der Waals surface area contributed by atoms with Crippen molar-refractivity contribution < 1.29 is 13.2 Å². The van der Waals surface area contributed by atoms with Crippen LogP contribution in [-0.4, -0.2) is 34.4 Å². The molecule has 0 unspecified atom stereocenters. The Morgan fingerprint density at radius 1 is 1.43 bits per heavy atom. The number of rotatable bonds is 8. The van der Waals surface area contributed by atoms with Crippen LogP contribution in [0.4, 0.5) is 0 Å². The maximum Gasteiger partial charge on any atom is 0.211 e. The van der Waals surface area contributed by atoms with Crippen LogP contribution >= 0.6 is 0 Å². The van der Waals surface area contributed by atoms with Crippen LogP contribution in [0.25, 0.3) is 0 Å². The normalized spacial score (nSPS) is 11.1. The molecule has 0 atom stereocenters. The molecule has 0 heterocycles. The molecule has 0 rings (SSSR count). The highest BCUT2D eigenvalue weighted by Gasteiger charge is 2.07. The molecule has 0 radical (unpaired) electrons. The molecule has 0 aromatic carbocycles. The summed E-state index contributed by atoms with van der Waals surface area (Å²) in [5.74, 6) is 2.56. The van der Waals surface area contributed by atoms with Crippen LogP contribution in [0.2, 0.25) is 0 Å². The molecular weight excluding hydrogens is 202 g/mol. The number of terminal acetylenes is 1. The summed E-state index contributed by atoms with van der Waals surface area (Å²) in [6.45, 7) is 0.880. The highest BCUT2D eigenvalue weighted by molar-refractivity contribution is 7.89. The summed E-state index contributed by atoms with van der Waals surface area (Å²) in [7, 11) is -1.58. The average Bonchev–Trinajstić information content (AvgIpc) is 2.13. The molecule has 0 bridgehead atoms. The third-order valence-electron chi connectivity index (χ3n) is 1.58. The van der Waals surface area contributed by atoms with Gasteiger partial charge in [0.05, 0.1) is 5.75 Å². The smallest absolute Gasteiger partial charge is 0.211 e. The lowest BCUT2D eigenvalue weighted by molar-refractivity contribution is 0.199. The molecule has 0 aliphatic carbocycles. The molecule has 0 aromatic heterocycles. The van der Waals surface area contributed by atoms with Crippen molar-refractivity contribution in [2.45, 2.75) is 19.3 Å². The molecule has 0 aromatic rings. The number of unbranched alkanes of at least 4 members (excludes halogenated alkanes) is 1.